The minimum atomic E-state index is -0.735. The molecule has 9 nitrogen and oxygen atoms in total. The molecule has 0 amide bonds. The lowest BCUT2D eigenvalue weighted by atomic mass is 10.4. The third-order valence-electron chi connectivity index (χ3n) is 3.12. The molecule has 0 saturated heterocycles. The summed E-state index contributed by atoms with van der Waals surface area (Å²) >= 11 is 1.12. The largest absolute Gasteiger partial charge is 0.462 e. The highest BCUT2D eigenvalue weighted by molar-refractivity contribution is 7.17. The number of esters is 1. The fourth-order valence-electron chi connectivity index (χ4n) is 2.12. The van der Waals surface area contributed by atoms with Crippen LogP contribution in [0, 0.1) is 6.92 Å². The van der Waals surface area contributed by atoms with Crippen LogP contribution in [0.15, 0.2) is 10.9 Å². The maximum absolute atomic E-state index is 11.9. The molecule has 0 aliphatic rings. The van der Waals surface area contributed by atoms with Gasteiger partial charge < -0.3 is 19.5 Å². The Morgan fingerprint density at radius 2 is 1.92 bits per heavy atom. The zero-order valence-electron chi connectivity index (χ0n) is 15.1. The quantitative estimate of drug-likeness (QED) is 0.502. The van der Waals surface area contributed by atoms with Gasteiger partial charge in [0.25, 0.3) is 5.56 Å². The molecule has 0 fully saturated rings. The van der Waals surface area contributed by atoms with Crippen molar-refractivity contribution in [2.24, 2.45) is 0 Å². The Hall–Kier alpha value is -2.30. The number of carbonyl (C=O) groups excluding carboxylic acids is 1. The van der Waals surface area contributed by atoms with Crippen molar-refractivity contribution >= 4 is 28.4 Å². The van der Waals surface area contributed by atoms with E-state index < -0.39 is 12.3 Å². The third-order valence-corrected chi connectivity index (χ3v) is 4.17. The van der Waals surface area contributed by atoms with Crippen molar-refractivity contribution in [2.75, 3.05) is 25.1 Å². The predicted molar refractivity (Wildman–Crippen MR) is 96.9 cm³/mol. The fourth-order valence-corrected chi connectivity index (χ4v) is 2.97. The van der Waals surface area contributed by atoms with Gasteiger partial charge in [-0.3, -0.25) is 9.78 Å². The number of aromatic amines is 1. The van der Waals surface area contributed by atoms with Crippen LogP contribution in [0.1, 0.15) is 48.1 Å². The lowest BCUT2D eigenvalue weighted by Gasteiger charge is -2.16. The molecule has 0 atom stereocenters. The number of aromatic nitrogens is 3. The maximum Gasteiger partial charge on any atom is 0.350 e. The summed E-state index contributed by atoms with van der Waals surface area (Å²) < 4.78 is 15.9. The Labute approximate surface area is 154 Å². The molecule has 26 heavy (non-hydrogen) atoms. The first-order chi connectivity index (χ1) is 12.5. The van der Waals surface area contributed by atoms with Gasteiger partial charge in [-0.05, 0) is 27.7 Å². The van der Waals surface area contributed by atoms with Crippen LogP contribution in [0.3, 0.4) is 0 Å². The van der Waals surface area contributed by atoms with E-state index in [2.05, 4.69) is 20.3 Å². The Balaban J connectivity index is 2.26. The highest BCUT2D eigenvalue weighted by Gasteiger charge is 2.18. The van der Waals surface area contributed by atoms with E-state index in [1.165, 1.54) is 6.07 Å². The van der Waals surface area contributed by atoms with Gasteiger partial charge in [-0.1, -0.05) is 11.3 Å². The van der Waals surface area contributed by atoms with Gasteiger partial charge in [-0.25, -0.2) is 14.8 Å². The second-order valence-electron chi connectivity index (χ2n) is 5.04. The van der Waals surface area contributed by atoms with Gasteiger partial charge in [0.05, 0.1) is 12.3 Å². The second-order valence-corrected chi connectivity index (χ2v) is 6.04. The van der Waals surface area contributed by atoms with Gasteiger partial charge in [0, 0.05) is 19.3 Å². The number of hydrogen-bond donors (Lipinski definition) is 2. The van der Waals surface area contributed by atoms with E-state index in [0.717, 1.165) is 11.3 Å². The maximum atomic E-state index is 11.9. The zero-order valence-corrected chi connectivity index (χ0v) is 15.9. The summed E-state index contributed by atoms with van der Waals surface area (Å²) in [5, 5.41) is 3.32. The van der Waals surface area contributed by atoms with Gasteiger partial charge in [0.2, 0.25) is 12.2 Å². The molecule has 0 saturated carbocycles. The molecule has 2 rings (SSSR count). The monoisotopic (exact) mass is 382 g/mol. The van der Waals surface area contributed by atoms with Crippen LogP contribution in [0.25, 0.3) is 0 Å². The Bertz CT molecular complexity index is 798. The first kappa shape index (κ1) is 20.0. The average molecular weight is 382 g/mol. The molecule has 0 aliphatic heterocycles. The lowest BCUT2D eigenvalue weighted by Crippen LogP contribution is -2.17. The highest BCUT2D eigenvalue weighted by Crippen LogP contribution is 2.25. The number of H-pyrrole nitrogens is 1. The van der Waals surface area contributed by atoms with Gasteiger partial charge in [0.1, 0.15) is 10.6 Å². The molecule has 0 aliphatic carbocycles. The summed E-state index contributed by atoms with van der Waals surface area (Å²) in [7, 11) is 0. The number of nitrogens with zero attached hydrogens (tertiary/aromatic N) is 2. The summed E-state index contributed by atoms with van der Waals surface area (Å²) in [5.74, 6) is -0.250. The molecule has 2 aromatic rings. The number of nitrogens with one attached hydrogen (secondary N) is 2. The van der Waals surface area contributed by atoms with Gasteiger partial charge in [-0.15, -0.1) is 0 Å². The number of aryl methyl sites for hydroxylation is 1. The van der Waals surface area contributed by atoms with Crippen molar-refractivity contribution in [3.05, 3.63) is 32.7 Å². The van der Waals surface area contributed by atoms with Crippen LogP contribution in [0.4, 0.5) is 11.1 Å². The van der Waals surface area contributed by atoms with Crippen molar-refractivity contribution in [3.8, 4) is 0 Å². The van der Waals surface area contributed by atoms with Crippen LogP contribution in [-0.4, -0.2) is 40.7 Å². The van der Waals surface area contributed by atoms with Crippen LogP contribution >= 0.6 is 11.3 Å². The molecule has 2 N–H and O–H groups in total. The highest BCUT2D eigenvalue weighted by atomic mass is 32.1. The Kier molecular flexibility index (Phi) is 7.25. The molecule has 0 bridgehead atoms. The van der Waals surface area contributed by atoms with Crippen molar-refractivity contribution in [3.63, 3.8) is 0 Å². The second kappa shape index (κ2) is 9.41. The molecular formula is C16H22N4O5S. The topological polar surface area (TPSA) is 115 Å². The minimum absolute atomic E-state index is 0.182. The number of hydrogen-bond acceptors (Lipinski definition) is 9. The van der Waals surface area contributed by atoms with Gasteiger partial charge in [0.15, 0.2) is 5.13 Å². The summed E-state index contributed by atoms with van der Waals surface area (Å²) in [6, 6.07) is 1.32. The lowest BCUT2D eigenvalue weighted by molar-refractivity contribution is -0.142. The van der Waals surface area contributed by atoms with Gasteiger partial charge in [-0.2, -0.15) is 0 Å². The molecule has 10 heteroatoms. The Morgan fingerprint density at radius 1 is 1.23 bits per heavy atom. The molecule has 0 spiro atoms. The van der Waals surface area contributed by atoms with Crippen LogP contribution in [0.2, 0.25) is 0 Å². The summed E-state index contributed by atoms with van der Waals surface area (Å²) in [6.07, 6.45) is -0.735. The van der Waals surface area contributed by atoms with E-state index in [9.17, 15) is 9.59 Å². The number of rotatable bonds is 9. The van der Waals surface area contributed by atoms with Gasteiger partial charge >= 0.3 is 5.97 Å². The predicted octanol–water partition coefficient (Wildman–Crippen LogP) is 2.53. The van der Waals surface area contributed by atoms with Crippen molar-refractivity contribution < 1.29 is 19.0 Å². The fraction of sp³-hybridized carbons (Fsp3) is 0.500. The number of thiazole rings is 1. The van der Waals surface area contributed by atoms with Crippen molar-refractivity contribution in [1.82, 2.24) is 15.0 Å². The smallest absolute Gasteiger partial charge is 0.350 e. The molecule has 2 heterocycles. The third kappa shape index (κ3) is 5.10. The number of anilines is 2. The molecule has 142 valence electrons. The molecule has 0 aromatic carbocycles. The van der Waals surface area contributed by atoms with E-state index >= 15 is 0 Å². The summed E-state index contributed by atoms with van der Waals surface area (Å²) in [4.78, 5) is 35.4. The van der Waals surface area contributed by atoms with Crippen molar-refractivity contribution in [1.29, 1.82) is 0 Å². The van der Waals surface area contributed by atoms with E-state index in [1.807, 2.05) is 13.8 Å². The molecule has 2 aromatic heterocycles. The first-order valence-corrected chi connectivity index (χ1v) is 9.06. The number of ether oxygens (including phenoxy) is 3. The Morgan fingerprint density at radius 3 is 2.54 bits per heavy atom. The average Bonchev–Trinajstić information content (AvgIpc) is 2.94. The van der Waals surface area contributed by atoms with Crippen LogP contribution in [-0.2, 0) is 14.2 Å². The van der Waals surface area contributed by atoms with E-state index in [0.29, 0.717) is 34.6 Å². The molecule has 0 radical (unpaired) electrons. The standard InChI is InChI=1S/C16H22N4O5S/c1-5-23-13(22)12-9(4)17-16(26-12)20-15-18-10(8-11(21)19-15)14(24-6-2)25-7-3/h8,14H,5-7H2,1-4H3,(H2,17,18,19,20,21). The van der Waals surface area contributed by atoms with Crippen molar-refractivity contribution in [2.45, 2.75) is 34.0 Å². The van der Waals surface area contributed by atoms with Crippen LogP contribution < -0.4 is 10.9 Å². The SMILES string of the molecule is CCOC(=O)c1sc(Nc2nc(C(OCC)OCC)cc(=O)[nH]2)nc1C. The number of carbonyl (C=O) groups is 1. The summed E-state index contributed by atoms with van der Waals surface area (Å²) in [5.41, 5.74) is 0.524. The normalized spacial score (nSPS) is 11.0. The molecular weight excluding hydrogens is 360 g/mol. The first-order valence-electron chi connectivity index (χ1n) is 8.24. The van der Waals surface area contributed by atoms with E-state index in [1.54, 1.807) is 13.8 Å². The van der Waals surface area contributed by atoms with Crippen LogP contribution in [0.5, 0.6) is 0 Å². The van der Waals surface area contributed by atoms with E-state index in [4.69, 9.17) is 14.2 Å². The zero-order chi connectivity index (χ0) is 19.1. The summed E-state index contributed by atoms with van der Waals surface area (Å²) in [6.45, 7) is 8.21. The van der Waals surface area contributed by atoms with E-state index in [-0.39, 0.29) is 18.1 Å². The minimum Gasteiger partial charge on any atom is -0.462 e. The molecule has 0 unspecified atom stereocenters.